The fourth-order valence-electron chi connectivity index (χ4n) is 2.52. The zero-order chi connectivity index (χ0) is 22.8. The Morgan fingerprint density at radius 2 is 1.70 bits per heavy atom. The zero-order valence-electron chi connectivity index (χ0n) is 16.0. The van der Waals surface area contributed by atoms with Gasteiger partial charge in [-0.25, -0.2) is 9.59 Å². The van der Waals surface area contributed by atoms with E-state index in [4.69, 9.17) is 9.47 Å². The zero-order valence-corrected chi connectivity index (χ0v) is 23.3. The predicted octanol–water partition coefficient (Wildman–Crippen LogP) is 4.94. The molecular weight excluding hydrogens is 753 g/mol. The molecule has 0 saturated heterocycles. The van der Waals surface area contributed by atoms with Gasteiger partial charge >= 0.3 is 11.9 Å². The molecule has 0 aliphatic rings. The topological polar surface area (TPSA) is 107 Å². The predicted molar refractivity (Wildman–Crippen MR) is 136 cm³/mol. The fraction of sp³-hybridized carbons (Fsp3) is 0.263. The van der Waals surface area contributed by atoms with E-state index < -0.39 is 28.7 Å². The van der Waals surface area contributed by atoms with Gasteiger partial charge in [0.1, 0.15) is 5.75 Å². The average Bonchev–Trinajstić information content (AvgIpc) is 2.63. The maximum Gasteiger partial charge on any atom is 0.349 e. The normalized spacial score (nSPS) is 11.5. The molecule has 0 aliphatic heterocycles. The van der Waals surface area contributed by atoms with Crippen LogP contribution >= 0.6 is 67.8 Å². The van der Waals surface area contributed by atoms with E-state index in [1.807, 2.05) is 51.2 Å². The van der Waals surface area contributed by atoms with E-state index in [0.717, 1.165) is 7.14 Å². The number of aryl methyl sites for hydroxylation is 1. The second-order valence-electron chi connectivity index (χ2n) is 6.55. The van der Waals surface area contributed by atoms with Gasteiger partial charge in [-0.05, 0) is 116 Å². The highest BCUT2D eigenvalue weighted by Gasteiger charge is 2.23. The summed E-state index contributed by atoms with van der Waals surface area (Å²) in [5.74, 6) is -1.56. The van der Waals surface area contributed by atoms with E-state index in [1.165, 1.54) is 12.1 Å². The highest BCUT2D eigenvalue weighted by Crippen LogP contribution is 2.31. The SMILES string of the molecule is Cc1cc(S(=O)(=O)O)c(C(C)C)cc1OC(=O)COC(=O)c1c(I)ccc(I)c1I. The van der Waals surface area contributed by atoms with Gasteiger partial charge in [0, 0.05) is 10.7 Å². The minimum atomic E-state index is -4.42. The first kappa shape index (κ1) is 25.7. The maximum absolute atomic E-state index is 12.4. The molecule has 0 amide bonds. The summed E-state index contributed by atoms with van der Waals surface area (Å²) in [5.41, 5.74) is 1.03. The summed E-state index contributed by atoms with van der Waals surface area (Å²) in [6, 6.07) is 6.30. The van der Waals surface area contributed by atoms with Crippen molar-refractivity contribution in [1.29, 1.82) is 0 Å². The molecule has 0 atom stereocenters. The van der Waals surface area contributed by atoms with E-state index in [-0.39, 0.29) is 16.6 Å². The van der Waals surface area contributed by atoms with Crippen molar-refractivity contribution >= 4 is 89.8 Å². The second kappa shape index (κ2) is 10.4. The van der Waals surface area contributed by atoms with Crippen LogP contribution in [-0.4, -0.2) is 31.5 Å². The van der Waals surface area contributed by atoms with Gasteiger partial charge in [0.25, 0.3) is 10.1 Å². The third kappa shape index (κ3) is 6.26. The largest absolute Gasteiger partial charge is 0.450 e. The lowest BCUT2D eigenvalue weighted by Crippen LogP contribution is -2.20. The minimum Gasteiger partial charge on any atom is -0.450 e. The minimum absolute atomic E-state index is 0.130. The first-order valence-corrected chi connectivity index (χ1v) is 13.1. The van der Waals surface area contributed by atoms with E-state index >= 15 is 0 Å². The number of benzene rings is 2. The number of hydrogen-bond acceptors (Lipinski definition) is 6. The number of rotatable bonds is 6. The Hall–Kier alpha value is -0.520. The van der Waals surface area contributed by atoms with Gasteiger partial charge in [-0.3, -0.25) is 4.55 Å². The molecule has 11 heteroatoms. The first-order chi connectivity index (χ1) is 13.8. The molecule has 0 radical (unpaired) electrons. The van der Waals surface area contributed by atoms with Crippen LogP contribution in [0.4, 0.5) is 0 Å². The Morgan fingerprint density at radius 3 is 2.27 bits per heavy atom. The summed E-state index contributed by atoms with van der Waals surface area (Å²) >= 11 is 6.17. The van der Waals surface area contributed by atoms with Crippen LogP contribution in [0.1, 0.15) is 41.3 Å². The number of halogens is 3. The van der Waals surface area contributed by atoms with Crippen LogP contribution in [0, 0.1) is 17.6 Å². The van der Waals surface area contributed by atoms with Crippen LogP contribution in [-0.2, 0) is 19.6 Å². The lowest BCUT2D eigenvalue weighted by atomic mass is 10.0. The summed E-state index contributed by atoms with van der Waals surface area (Å²) in [7, 11) is -4.42. The Kier molecular flexibility index (Phi) is 8.92. The monoisotopic (exact) mass is 770 g/mol. The standard InChI is InChI=1S/C19H17I3O7S/c1-9(2)11-7-14(10(3)6-15(11)30(25,26)27)29-16(23)8-28-19(24)17-12(20)4-5-13(21)18(17)22/h4-7,9H,8H2,1-3H3,(H,25,26,27). The molecular formula is C19H17I3O7S. The van der Waals surface area contributed by atoms with Crippen LogP contribution in [0.25, 0.3) is 0 Å². The van der Waals surface area contributed by atoms with Gasteiger partial charge < -0.3 is 9.47 Å². The van der Waals surface area contributed by atoms with Crippen LogP contribution in [0.5, 0.6) is 5.75 Å². The highest BCUT2D eigenvalue weighted by atomic mass is 127. The molecule has 30 heavy (non-hydrogen) atoms. The molecule has 0 unspecified atom stereocenters. The molecule has 0 spiro atoms. The molecule has 7 nitrogen and oxygen atoms in total. The van der Waals surface area contributed by atoms with Gasteiger partial charge in [-0.2, -0.15) is 8.42 Å². The van der Waals surface area contributed by atoms with Gasteiger partial charge in [-0.15, -0.1) is 0 Å². The number of hydrogen-bond donors (Lipinski definition) is 1. The first-order valence-electron chi connectivity index (χ1n) is 8.46. The fourth-order valence-corrected chi connectivity index (χ4v) is 5.77. The Bertz CT molecular complexity index is 1110. The average molecular weight is 770 g/mol. The van der Waals surface area contributed by atoms with Gasteiger partial charge in [0.2, 0.25) is 0 Å². The van der Waals surface area contributed by atoms with Crippen molar-refractivity contribution in [2.75, 3.05) is 6.61 Å². The van der Waals surface area contributed by atoms with Gasteiger partial charge in [0.05, 0.1) is 10.5 Å². The van der Waals surface area contributed by atoms with Gasteiger partial charge in [0.15, 0.2) is 6.61 Å². The van der Waals surface area contributed by atoms with Crippen molar-refractivity contribution in [2.45, 2.75) is 31.6 Å². The smallest absolute Gasteiger partial charge is 0.349 e. The van der Waals surface area contributed by atoms with E-state index in [1.54, 1.807) is 26.8 Å². The van der Waals surface area contributed by atoms with E-state index in [9.17, 15) is 22.6 Å². The summed E-state index contributed by atoms with van der Waals surface area (Å²) in [6.07, 6.45) is 0. The van der Waals surface area contributed by atoms with Crippen molar-refractivity contribution in [2.24, 2.45) is 0 Å². The number of esters is 2. The summed E-state index contributed by atoms with van der Waals surface area (Å²) < 4.78 is 45.4. The molecule has 162 valence electrons. The number of carbonyl (C=O) groups is 2. The lowest BCUT2D eigenvalue weighted by molar-refractivity contribution is -0.137. The van der Waals surface area contributed by atoms with Crippen LogP contribution in [0.2, 0.25) is 0 Å². The quantitative estimate of drug-likeness (QED) is 0.146. The highest BCUT2D eigenvalue weighted by molar-refractivity contribution is 14.1. The number of ether oxygens (including phenoxy) is 2. The molecule has 0 heterocycles. The molecule has 2 aromatic rings. The van der Waals surface area contributed by atoms with Crippen molar-refractivity contribution in [1.82, 2.24) is 0 Å². The molecule has 0 fully saturated rings. The van der Waals surface area contributed by atoms with Crippen LogP contribution in [0.3, 0.4) is 0 Å². The molecule has 2 rings (SSSR count). The third-order valence-electron chi connectivity index (χ3n) is 4.00. The Morgan fingerprint density at radius 1 is 1.10 bits per heavy atom. The van der Waals surface area contributed by atoms with Crippen molar-refractivity contribution in [3.8, 4) is 5.75 Å². The van der Waals surface area contributed by atoms with Gasteiger partial charge in [-0.1, -0.05) is 13.8 Å². The number of carbonyl (C=O) groups excluding carboxylic acids is 2. The molecule has 0 aliphatic carbocycles. The third-order valence-corrected chi connectivity index (χ3v) is 8.86. The molecule has 1 N–H and O–H groups in total. The molecule has 0 bridgehead atoms. The molecule has 2 aromatic carbocycles. The summed E-state index contributed by atoms with van der Waals surface area (Å²) in [5, 5.41) is 0. The van der Waals surface area contributed by atoms with Crippen molar-refractivity contribution < 1.29 is 32.0 Å². The van der Waals surface area contributed by atoms with E-state index in [2.05, 4.69) is 22.6 Å². The van der Waals surface area contributed by atoms with Crippen LogP contribution in [0.15, 0.2) is 29.2 Å². The maximum atomic E-state index is 12.4. The Balaban J connectivity index is 2.18. The van der Waals surface area contributed by atoms with Crippen LogP contribution < -0.4 is 4.74 Å². The molecule has 0 aromatic heterocycles. The molecule has 0 saturated carbocycles. The Labute approximate surface area is 215 Å². The van der Waals surface area contributed by atoms with E-state index in [0.29, 0.717) is 20.3 Å². The second-order valence-corrected chi connectivity index (χ2v) is 11.3. The van der Waals surface area contributed by atoms with Crippen molar-refractivity contribution in [3.05, 3.63) is 51.7 Å². The summed E-state index contributed by atoms with van der Waals surface area (Å²) in [6.45, 7) is 4.44. The van der Waals surface area contributed by atoms with Crippen molar-refractivity contribution in [3.63, 3.8) is 0 Å². The lowest BCUT2D eigenvalue weighted by Gasteiger charge is -2.15. The summed E-state index contributed by atoms with van der Waals surface area (Å²) in [4.78, 5) is 24.4.